The smallest absolute Gasteiger partial charge is 0.262 e. The number of hydrogen-bond acceptors (Lipinski definition) is 4. The van der Waals surface area contributed by atoms with Crippen LogP contribution in [0.25, 0.3) is 0 Å². The monoisotopic (exact) mass is 341 g/mol. The number of sulfonamides is 1. The molecule has 1 heterocycles. The number of aryl methyl sites for hydroxylation is 1. The molecule has 0 saturated carbocycles. The van der Waals surface area contributed by atoms with Crippen molar-refractivity contribution in [1.29, 1.82) is 0 Å². The molecule has 19 heavy (non-hydrogen) atoms. The Morgan fingerprint density at radius 2 is 2.11 bits per heavy atom. The Bertz CT molecular complexity index is 702. The van der Waals surface area contributed by atoms with Crippen LogP contribution in [0.3, 0.4) is 0 Å². The van der Waals surface area contributed by atoms with Gasteiger partial charge < -0.3 is 5.73 Å². The van der Waals surface area contributed by atoms with Gasteiger partial charge >= 0.3 is 0 Å². The molecule has 100 valence electrons. The van der Waals surface area contributed by atoms with Crippen molar-refractivity contribution in [1.82, 2.24) is 4.98 Å². The molecule has 0 aliphatic carbocycles. The first-order valence-electron chi connectivity index (χ1n) is 5.38. The van der Waals surface area contributed by atoms with E-state index in [1.807, 2.05) is 0 Å². The van der Waals surface area contributed by atoms with Gasteiger partial charge in [-0.1, -0.05) is 0 Å². The highest BCUT2D eigenvalue weighted by Crippen LogP contribution is 2.27. The summed E-state index contributed by atoms with van der Waals surface area (Å²) in [5.74, 6) is 0. The Morgan fingerprint density at radius 3 is 2.74 bits per heavy atom. The number of anilines is 2. The van der Waals surface area contributed by atoms with Gasteiger partial charge in [0.05, 0.1) is 16.8 Å². The second-order valence-electron chi connectivity index (χ2n) is 3.99. The molecule has 7 heteroatoms. The van der Waals surface area contributed by atoms with Crippen LogP contribution >= 0.6 is 15.9 Å². The topological polar surface area (TPSA) is 85.1 Å². The molecule has 2 rings (SSSR count). The van der Waals surface area contributed by atoms with Crippen LogP contribution in [-0.4, -0.2) is 13.4 Å². The number of nitrogens with one attached hydrogen (secondary N) is 1. The summed E-state index contributed by atoms with van der Waals surface area (Å²) in [6, 6.07) is 6.38. The van der Waals surface area contributed by atoms with E-state index < -0.39 is 10.0 Å². The molecule has 1 aromatic carbocycles. The highest BCUT2D eigenvalue weighted by Gasteiger charge is 2.18. The van der Waals surface area contributed by atoms with Crippen LogP contribution in [0.2, 0.25) is 0 Å². The zero-order chi connectivity index (χ0) is 14.0. The lowest BCUT2D eigenvalue weighted by molar-refractivity contribution is 0.600. The number of halogens is 1. The third kappa shape index (κ3) is 3.05. The minimum atomic E-state index is -3.67. The fourth-order valence-corrected chi connectivity index (χ4v) is 3.36. The normalized spacial score (nSPS) is 11.3. The molecular weight excluding hydrogens is 330 g/mol. The first-order chi connectivity index (χ1) is 8.90. The van der Waals surface area contributed by atoms with E-state index in [1.54, 1.807) is 31.3 Å². The molecule has 3 N–H and O–H groups in total. The summed E-state index contributed by atoms with van der Waals surface area (Å²) in [4.78, 5) is 4.01. The maximum atomic E-state index is 12.3. The number of rotatable bonds is 3. The van der Waals surface area contributed by atoms with Crippen molar-refractivity contribution in [2.45, 2.75) is 11.8 Å². The minimum Gasteiger partial charge on any atom is -0.398 e. The van der Waals surface area contributed by atoms with Crippen LogP contribution in [0.1, 0.15) is 5.56 Å². The molecule has 0 amide bonds. The van der Waals surface area contributed by atoms with E-state index in [0.717, 1.165) is 0 Å². The number of nitrogens with two attached hydrogens (primary N) is 1. The third-order valence-corrected chi connectivity index (χ3v) is 4.71. The summed E-state index contributed by atoms with van der Waals surface area (Å²) in [5.41, 5.74) is 7.12. The predicted molar refractivity (Wildman–Crippen MR) is 78.3 cm³/mol. The second kappa shape index (κ2) is 5.18. The van der Waals surface area contributed by atoms with Gasteiger partial charge in [0.25, 0.3) is 10.0 Å². The summed E-state index contributed by atoms with van der Waals surface area (Å²) in [6.45, 7) is 1.71. The fourth-order valence-electron chi connectivity index (χ4n) is 1.59. The molecule has 0 unspecified atom stereocenters. The Balaban J connectivity index is 2.43. The van der Waals surface area contributed by atoms with Crippen molar-refractivity contribution in [2.75, 3.05) is 10.5 Å². The van der Waals surface area contributed by atoms with Crippen LogP contribution in [0.5, 0.6) is 0 Å². The van der Waals surface area contributed by atoms with Crippen LogP contribution in [-0.2, 0) is 10.0 Å². The van der Waals surface area contributed by atoms with E-state index in [0.29, 0.717) is 21.4 Å². The Labute approximate surface area is 120 Å². The average Bonchev–Trinajstić information content (AvgIpc) is 2.34. The molecule has 0 aliphatic rings. The molecular formula is C12H12BrN3O2S. The lowest BCUT2D eigenvalue weighted by Crippen LogP contribution is -2.14. The molecule has 0 atom stereocenters. The lowest BCUT2D eigenvalue weighted by Gasteiger charge is -2.11. The van der Waals surface area contributed by atoms with Crippen molar-refractivity contribution < 1.29 is 8.42 Å². The largest absolute Gasteiger partial charge is 0.398 e. The predicted octanol–water partition coefficient (Wildman–Crippen LogP) is 2.54. The van der Waals surface area contributed by atoms with Crippen LogP contribution < -0.4 is 10.5 Å². The highest BCUT2D eigenvalue weighted by molar-refractivity contribution is 9.10. The standard InChI is InChI=1S/C12H12BrN3O2S/c1-8-5-10(13)11(14)6-12(8)19(17,18)16-9-3-2-4-15-7-9/h2-7,16H,14H2,1H3. The summed E-state index contributed by atoms with van der Waals surface area (Å²) >= 11 is 3.26. The Hall–Kier alpha value is -1.60. The van der Waals surface area contributed by atoms with Gasteiger partial charge in [-0.15, -0.1) is 0 Å². The van der Waals surface area contributed by atoms with Gasteiger partial charge in [0.15, 0.2) is 0 Å². The van der Waals surface area contributed by atoms with Gasteiger partial charge in [0, 0.05) is 16.4 Å². The van der Waals surface area contributed by atoms with E-state index in [1.165, 1.54) is 12.3 Å². The Kier molecular flexibility index (Phi) is 3.77. The molecule has 0 spiro atoms. The summed E-state index contributed by atoms with van der Waals surface area (Å²) in [5, 5.41) is 0. The van der Waals surface area contributed by atoms with Crippen LogP contribution in [0.15, 0.2) is 46.0 Å². The third-order valence-electron chi connectivity index (χ3n) is 2.50. The van der Waals surface area contributed by atoms with E-state index in [-0.39, 0.29) is 4.90 Å². The maximum Gasteiger partial charge on any atom is 0.262 e. The van der Waals surface area contributed by atoms with Crippen LogP contribution in [0.4, 0.5) is 11.4 Å². The zero-order valence-electron chi connectivity index (χ0n) is 10.1. The summed E-state index contributed by atoms with van der Waals surface area (Å²) in [7, 11) is -3.67. The molecule has 2 aromatic rings. The molecule has 5 nitrogen and oxygen atoms in total. The molecule has 0 bridgehead atoms. The van der Waals surface area contributed by atoms with Gasteiger partial charge in [0.1, 0.15) is 0 Å². The first kappa shape index (κ1) is 13.8. The van der Waals surface area contributed by atoms with Gasteiger partial charge in [-0.3, -0.25) is 9.71 Å². The SMILES string of the molecule is Cc1cc(Br)c(N)cc1S(=O)(=O)Nc1cccnc1. The van der Waals surface area contributed by atoms with Crippen molar-refractivity contribution in [3.05, 3.63) is 46.7 Å². The fraction of sp³-hybridized carbons (Fsp3) is 0.0833. The zero-order valence-corrected chi connectivity index (χ0v) is 12.5. The number of nitrogen functional groups attached to an aromatic ring is 1. The highest BCUT2D eigenvalue weighted by atomic mass is 79.9. The molecule has 1 aromatic heterocycles. The maximum absolute atomic E-state index is 12.3. The van der Waals surface area contributed by atoms with Gasteiger partial charge in [-0.2, -0.15) is 0 Å². The van der Waals surface area contributed by atoms with E-state index in [2.05, 4.69) is 25.6 Å². The van der Waals surface area contributed by atoms with E-state index in [9.17, 15) is 8.42 Å². The van der Waals surface area contributed by atoms with Crippen molar-refractivity contribution in [2.24, 2.45) is 0 Å². The van der Waals surface area contributed by atoms with Gasteiger partial charge in [0.2, 0.25) is 0 Å². The minimum absolute atomic E-state index is 0.150. The molecule has 0 radical (unpaired) electrons. The molecule has 0 saturated heterocycles. The number of benzene rings is 1. The quantitative estimate of drug-likeness (QED) is 0.840. The molecule has 0 aliphatic heterocycles. The number of pyridine rings is 1. The van der Waals surface area contributed by atoms with Crippen LogP contribution in [0, 0.1) is 6.92 Å². The van der Waals surface area contributed by atoms with Crippen molar-refractivity contribution in [3.8, 4) is 0 Å². The number of hydrogen-bond donors (Lipinski definition) is 2. The van der Waals surface area contributed by atoms with Crippen molar-refractivity contribution >= 4 is 37.3 Å². The number of nitrogens with zero attached hydrogens (tertiary/aromatic N) is 1. The first-order valence-corrected chi connectivity index (χ1v) is 7.66. The second-order valence-corrected chi connectivity index (χ2v) is 6.49. The average molecular weight is 342 g/mol. The lowest BCUT2D eigenvalue weighted by atomic mass is 10.2. The van der Waals surface area contributed by atoms with E-state index >= 15 is 0 Å². The van der Waals surface area contributed by atoms with E-state index in [4.69, 9.17) is 5.73 Å². The summed E-state index contributed by atoms with van der Waals surface area (Å²) in [6.07, 6.45) is 3.01. The Morgan fingerprint density at radius 1 is 1.37 bits per heavy atom. The van der Waals surface area contributed by atoms with Crippen molar-refractivity contribution in [3.63, 3.8) is 0 Å². The molecule has 0 fully saturated rings. The number of aromatic nitrogens is 1. The van der Waals surface area contributed by atoms with Gasteiger partial charge in [-0.25, -0.2) is 8.42 Å². The summed E-state index contributed by atoms with van der Waals surface area (Å²) < 4.78 is 27.7. The van der Waals surface area contributed by atoms with Gasteiger partial charge in [-0.05, 0) is 52.7 Å².